The van der Waals surface area contributed by atoms with Gasteiger partial charge in [0.2, 0.25) is 0 Å². The first kappa shape index (κ1) is 13.2. The first-order chi connectivity index (χ1) is 9.72. The Morgan fingerprint density at radius 1 is 1.55 bits per heavy atom. The van der Waals surface area contributed by atoms with Crippen LogP contribution in [0.4, 0.5) is 0 Å². The number of carbonyl (C=O) groups excluding carboxylic acids is 1. The van der Waals surface area contributed by atoms with Gasteiger partial charge < -0.3 is 24.6 Å². The fourth-order valence-corrected chi connectivity index (χ4v) is 2.65. The first-order valence-electron chi connectivity index (χ1n) is 6.75. The van der Waals surface area contributed by atoms with Crippen LogP contribution in [0.5, 0.6) is 0 Å². The Bertz CT molecular complexity index is 567. The normalized spacial score (nSPS) is 22.4. The number of carbonyl (C=O) groups is 1. The molecular formula is C14H18N2O4. The Morgan fingerprint density at radius 3 is 3.15 bits per heavy atom. The standard InChI is InChI=1S/C14H18N2O4/c17-4-2-14(3-6-19-9-14)8-15-13(18)11-7-12-10(16-11)1-5-20-12/h1,5,7,16-17H,2-4,6,8-9H2,(H,15,18). The van der Waals surface area contributed by atoms with E-state index in [4.69, 9.17) is 14.3 Å². The molecule has 1 amide bonds. The van der Waals surface area contributed by atoms with Crippen LogP contribution in [0.15, 0.2) is 22.8 Å². The zero-order chi connectivity index (χ0) is 14.0. The molecule has 1 saturated heterocycles. The van der Waals surface area contributed by atoms with E-state index in [2.05, 4.69) is 10.3 Å². The quantitative estimate of drug-likeness (QED) is 0.769. The lowest BCUT2D eigenvalue weighted by Gasteiger charge is -2.26. The summed E-state index contributed by atoms with van der Waals surface area (Å²) in [5.41, 5.74) is 1.82. The molecule has 108 valence electrons. The van der Waals surface area contributed by atoms with Crippen molar-refractivity contribution in [2.24, 2.45) is 5.41 Å². The number of furan rings is 1. The molecule has 1 atom stereocenters. The molecule has 2 aromatic heterocycles. The van der Waals surface area contributed by atoms with Crippen molar-refractivity contribution in [1.82, 2.24) is 10.3 Å². The molecular weight excluding hydrogens is 260 g/mol. The maximum Gasteiger partial charge on any atom is 0.267 e. The first-order valence-corrected chi connectivity index (χ1v) is 6.75. The van der Waals surface area contributed by atoms with Crippen LogP contribution in [0.2, 0.25) is 0 Å². The minimum absolute atomic E-state index is 0.106. The van der Waals surface area contributed by atoms with Crippen LogP contribution >= 0.6 is 0 Å². The van der Waals surface area contributed by atoms with Gasteiger partial charge in [-0.25, -0.2) is 0 Å². The molecule has 1 aliphatic rings. The third kappa shape index (κ3) is 2.44. The number of ether oxygens (including phenoxy) is 1. The second-order valence-corrected chi connectivity index (χ2v) is 5.34. The molecule has 2 aromatic rings. The molecule has 1 aliphatic heterocycles. The van der Waals surface area contributed by atoms with Crippen LogP contribution in [0, 0.1) is 5.41 Å². The lowest BCUT2D eigenvalue weighted by atomic mass is 9.84. The van der Waals surface area contributed by atoms with E-state index in [1.165, 1.54) is 0 Å². The van der Waals surface area contributed by atoms with E-state index in [9.17, 15) is 4.79 Å². The van der Waals surface area contributed by atoms with Crippen LogP contribution in [-0.2, 0) is 4.74 Å². The Hall–Kier alpha value is -1.79. The number of hydrogen-bond acceptors (Lipinski definition) is 4. The van der Waals surface area contributed by atoms with Gasteiger partial charge in [-0.2, -0.15) is 0 Å². The van der Waals surface area contributed by atoms with Gasteiger partial charge in [0, 0.05) is 37.3 Å². The zero-order valence-corrected chi connectivity index (χ0v) is 11.1. The van der Waals surface area contributed by atoms with Crippen LogP contribution in [0.25, 0.3) is 11.1 Å². The summed E-state index contributed by atoms with van der Waals surface area (Å²) in [6.07, 6.45) is 3.08. The van der Waals surface area contributed by atoms with Gasteiger partial charge in [0.1, 0.15) is 5.69 Å². The number of H-pyrrole nitrogens is 1. The Kier molecular flexibility index (Phi) is 3.50. The molecule has 0 bridgehead atoms. The molecule has 6 nitrogen and oxygen atoms in total. The summed E-state index contributed by atoms with van der Waals surface area (Å²) in [5.74, 6) is -0.166. The van der Waals surface area contributed by atoms with Crippen molar-refractivity contribution in [3.63, 3.8) is 0 Å². The maximum absolute atomic E-state index is 12.1. The maximum atomic E-state index is 12.1. The highest BCUT2D eigenvalue weighted by Crippen LogP contribution is 2.31. The van der Waals surface area contributed by atoms with E-state index in [0.717, 1.165) is 11.9 Å². The highest BCUT2D eigenvalue weighted by atomic mass is 16.5. The molecule has 0 radical (unpaired) electrons. The largest absolute Gasteiger partial charge is 0.463 e. The highest BCUT2D eigenvalue weighted by Gasteiger charge is 2.34. The average Bonchev–Trinajstić information content (AvgIpc) is 3.11. The fraction of sp³-hybridized carbons (Fsp3) is 0.500. The molecule has 6 heteroatoms. The summed E-state index contributed by atoms with van der Waals surface area (Å²) in [4.78, 5) is 15.1. The molecule has 1 unspecified atom stereocenters. The topological polar surface area (TPSA) is 87.5 Å². The number of fused-ring (bicyclic) bond motifs is 1. The minimum Gasteiger partial charge on any atom is -0.463 e. The van der Waals surface area contributed by atoms with Gasteiger partial charge in [-0.05, 0) is 12.8 Å². The third-order valence-corrected chi connectivity index (χ3v) is 3.94. The molecule has 1 fully saturated rings. The number of nitrogens with one attached hydrogen (secondary N) is 2. The average molecular weight is 278 g/mol. The fourth-order valence-electron chi connectivity index (χ4n) is 2.65. The summed E-state index contributed by atoms with van der Waals surface area (Å²) in [5, 5.41) is 12.1. The van der Waals surface area contributed by atoms with Gasteiger partial charge in [-0.15, -0.1) is 0 Å². The third-order valence-electron chi connectivity index (χ3n) is 3.94. The predicted octanol–water partition coefficient (Wildman–Crippen LogP) is 1.28. The second-order valence-electron chi connectivity index (χ2n) is 5.34. The number of aromatic amines is 1. The van der Waals surface area contributed by atoms with Gasteiger partial charge in [-0.1, -0.05) is 0 Å². The molecule has 0 aliphatic carbocycles. The molecule has 0 spiro atoms. The molecule has 3 N–H and O–H groups in total. The van der Waals surface area contributed by atoms with Gasteiger partial charge in [0.25, 0.3) is 5.91 Å². The number of aliphatic hydroxyl groups excluding tert-OH is 1. The summed E-state index contributed by atoms with van der Waals surface area (Å²) >= 11 is 0. The van der Waals surface area contributed by atoms with Crippen molar-refractivity contribution in [2.75, 3.05) is 26.4 Å². The van der Waals surface area contributed by atoms with E-state index >= 15 is 0 Å². The number of amides is 1. The molecule has 0 aromatic carbocycles. The lowest BCUT2D eigenvalue weighted by Crippen LogP contribution is -2.38. The SMILES string of the molecule is O=C(NCC1(CCO)CCOC1)c1cc2occc2[nH]1. The Morgan fingerprint density at radius 2 is 2.45 bits per heavy atom. The van der Waals surface area contributed by atoms with Gasteiger partial charge in [-0.3, -0.25) is 4.79 Å². The van der Waals surface area contributed by atoms with E-state index in [1.807, 2.05) is 0 Å². The van der Waals surface area contributed by atoms with Gasteiger partial charge in [0.15, 0.2) is 5.58 Å². The van der Waals surface area contributed by atoms with E-state index < -0.39 is 0 Å². The van der Waals surface area contributed by atoms with E-state index in [1.54, 1.807) is 18.4 Å². The second kappa shape index (κ2) is 5.30. The summed E-state index contributed by atoms with van der Waals surface area (Å²) in [7, 11) is 0. The minimum atomic E-state index is -0.166. The van der Waals surface area contributed by atoms with Crippen molar-refractivity contribution in [3.05, 3.63) is 24.1 Å². The molecule has 3 heterocycles. The molecule has 3 rings (SSSR count). The van der Waals surface area contributed by atoms with Crippen LogP contribution in [0.3, 0.4) is 0 Å². The summed E-state index contributed by atoms with van der Waals surface area (Å²) < 4.78 is 10.6. The van der Waals surface area contributed by atoms with Crippen molar-refractivity contribution >= 4 is 17.0 Å². The Balaban J connectivity index is 1.65. The van der Waals surface area contributed by atoms with E-state index in [-0.39, 0.29) is 17.9 Å². The van der Waals surface area contributed by atoms with Crippen molar-refractivity contribution < 1.29 is 19.1 Å². The van der Waals surface area contributed by atoms with Gasteiger partial charge >= 0.3 is 0 Å². The number of rotatable bonds is 5. The predicted molar refractivity (Wildman–Crippen MR) is 72.5 cm³/mol. The summed E-state index contributed by atoms with van der Waals surface area (Å²) in [6.45, 7) is 1.88. The zero-order valence-electron chi connectivity index (χ0n) is 11.1. The molecule has 0 saturated carbocycles. The number of aromatic nitrogens is 1. The van der Waals surface area contributed by atoms with Crippen molar-refractivity contribution in [2.45, 2.75) is 12.8 Å². The van der Waals surface area contributed by atoms with Crippen LogP contribution in [-0.4, -0.2) is 42.4 Å². The summed E-state index contributed by atoms with van der Waals surface area (Å²) in [6, 6.07) is 3.47. The van der Waals surface area contributed by atoms with Gasteiger partial charge in [0.05, 0.1) is 18.4 Å². The smallest absolute Gasteiger partial charge is 0.267 e. The molecule has 20 heavy (non-hydrogen) atoms. The van der Waals surface area contributed by atoms with Crippen LogP contribution < -0.4 is 5.32 Å². The van der Waals surface area contributed by atoms with Crippen molar-refractivity contribution in [1.29, 1.82) is 0 Å². The highest BCUT2D eigenvalue weighted by molar-refractivity contribution is 5.96. The Labute approximate surface area is 116 Å². The lowest BCUT2D eigenvalue weighted by molar-refractivity contribution is 0.0885. The van der Waals surface area contributed by atoms with Crippen molar-refractivity contribution in [3.8, 4) is 0 Å². The number of aliphatic hydroxyl groups is 1. The number of hydrogen-bond donors (Lipinski definition) is 3. The monoisotopic (exact) mass is 278 g/mol. The van der Waals surface area contributed by atoms with E-state index in [0.29, 0.717) is 37.5 Å². The van der Waals surface area contributed by atoms with Crippen LogP contribution in [0.1, 0.15) is 23.3 Å².